The summed E-state index contributed by atoms with van der Waals surface area (Å²) in [6.45, 7) is 5.30. The lowest BCUT2D eigenvalue weighted by molar-refractivity contribution is 0.0540. The topological polar surface area (TPSA) is 32.3 Å². The first-order chi connectivity index (χ1) is 8.52. The number of hydrogen-bond donors (Lipinski definition) is 1. The van der Waals surface area contributed by atoms with Crippen LogP contribution in [0.2, 0.25) is 5.02 Å². The van der Waals surface area contributed by atoms with Gasteiger partial charge in [0.15, 0.2) is 0 Å². The van der Waals surface area contributed by atoms with Crippen molar-refractivity contribution >= 4 is 17.5 Å². The molecule has 2 rings (SSSR count). The number of hydrogen-bond acceptors (Lipinski definition) is 2. The second kappa shape index (κ2) is 5.24. The van der Waals surface area contributed by atoms with Crippen LogP contribution in [0, 0.1) is 5.82 Å². The molecular weight excluding hydrogens is 255 g/mol. The number of carbonyl (C=O) groups is 1. The molecule has 1 aliphatic heterocycles. The quantitative estimate of drug-likeness (QED) is 0.849. The van der Waals surface area contributed by atoms with E-state index in [1.165, 1.54) is 18.2 Å². The van der Waals surface area contributed by atoms with Crippen molar-refractivity contribution in [3.05, 3.63) is 34.6 Å². The van der Waals surface area contributed by atoms with E-state index in [0.29, 0.717) is 13.1 Å². The fourth-order valence-corrected chi connectivity index (χ4v) is 2.61. The van der Waals surface area contributed by atoms with E-state index in [0.717, 1.165) is 0 Å². The van der Waals surface area contributed by atoms with Crippen LogP contribution in [0.1, 0.15) is 24.2 Å². The van der Waals surface area contributed by atoms with Crippen molar-refractivity contribution in [2.75, 3.05) is 13.1 Å². The SMILES string of the molecule is CC1CNCC(C)N1C(=O)c1c(F)cccc1Cl. The molecule has 98 valence electrons. The molecule has 2 atom stereocenters. The van der Waals surface area contributed by atoms with Gasteiger partial charge in [0.05, 0.1) is 10.6 Å². The van der Waals surface area contributed by atoms with E-state index in [4.69, 9.17) is 11.6 Å². The number of halogens is 2. The second-order valence-electron chi connectivity index (χ2n) is 4.67. The molecule has 0 spiro atoms. The minimum Gasteiger partial charge on any atom is -0.331 e. The van der Waals surface area contributed by atoms with Gasteiger partial charge in [0.1, 0.15) is 5.82 Å². The van der Waals surface area contributed by atoms with E-state index in [-0.39, 0.29) is 28.6 Å². The van der Waals surface area contributed by atoms with Crippen LogP contribution in [0.4, 0.5) is 4.39 Å². The highest BCUT2D eigenvalue weighted by Gasteiger charge is 2.31. The molecule has 1 aromatic rings. The Kier molecular flexibility index (Phi) is 3.88. The third-order valence-electron chi connectivity index (χ3n) is 3.24. The number of nitrogens with one attached hydrogen (secondary N) is 1. The van der Waals surface area contributed by atoms with Crippen molar-refractivity contribution in [1.82, 2.24) is 10.2 Å². The number of benzene rings is 1. The fourth-order valence-electron chi connectivity index (χ4n) is 2.36. The Balaban J connectivity index is 2.35. The maximum Gasteiger partial charge on any atom is 0.258 e. The van der Waals surface area contributed by atoms with Crippen LogP contribution in [-0.2, 0) is 0 Å². The smallest absolute Gasteiger partial charge is 0.258 e. The lowest BCUT2D eigenvalue weighted by Crippen LogP contribution is -2.57. The lowest BCUT2D eigenvalue weighted by Gasteiger charge is -2.39. The zero-order valence-electron chi connectivity index (χ0n) is 10.4. The van der Waals surface area contributed by atoms with E-state index in [1.54, 1.807) is 4.90 Å². The molecule has 1 aromatic carbocycles. The maximum atomic E-state index is 13.8. The van der Waals surface area contributed by atoms with Gasteiger partial charge in [0.2, 0.25) is 0 Å². The predicted molar refractivity (Wildman–Crippen MR) is 69.4 cm³/mol. The molecule has 0 radical (unpaired) electrons. The number of amides is 1. The molecule has 5 heteroatoms. The molecule has 0 aliphatic carbocycles. The average molecular weight is 271 g/mol. The summed E-state index contributed by atoms with van der Waals surface area (Å²) in [4.78, 5) is 14.1. The van der Waals surface area contributed by atoms with Crippen LogP contribution in [-0.4, -0.2) is 36.0 Å². The van der Waals surface area contributed by atoms with Gasteiger partial charge in [-0.3, -0.25) is 4.79 Å². The van der Waals surface area contributed by atoms with Gasteiger partial charge >= 0.3 is 0 Å². The Bertz CT molecular complexity index is 436. The lowest BCUT2D eigenvalue weighted by atomic mass is 10.1. The van der Waals surface area contributed by atoms with Crippen molar-refractivity contribution in [2.45, 2.75) is 25.9 Å². The average Bonchev–Trinajstić information content (AvgIpc) is 2.28. The third-order valence-corrected chi connectivity index (χ3v) is 3.56. The first-order valence-electron chi connectivity index (χ1n) is 5.99. The van der Waals surface area contributed by atoms with Gasteiger partial charge in [0.25, 0.3) is 5.91 Å². The Morgan fingerprint density at radius 1 is 1.39 bits per heavy atom. The molecule has 1 amide bonds. The van der Waals surface area contributed by atoms with Crippen molar-refractivity contribution in [1.29, 1.82) is 0 Å². The largest absolute Gasteiger partial charge is 0.331 e. The summed E-state index contributed by atoms with van der Waals surface area (Å²) in [5.41, 5.74) is -0.0280. The van der Waals surface area contributed by atoms with Gasteiger partial charge < -0.3 is 10.2 Å². The molecule has 1 aliphatic rings. The Labute approximate surface area is 111 Å². The van der Waals surface area contributed by atoms with Crippen molar-refractivity contribution in [2.24, 2.45) is 0 Å². The molecule has 1 N–H and O–H groups in total. The molecular formula is C13H16ClFN2O. The molecule has 2 unspecified atom stereocenters. The molecule has 3 nitrogen and oxygen atoms in total. The summed E-state index contributed by atoms with van der Waals surface area (Å²) in [6.07, 6.45) is 0. The highest BCUT2D eigenvalue weighted by atomic mass is 35.5. The molecule has 0 saturated carbocycles. The summed E-state index contributed by atoms with van der Waals surface area (Å²) in [5.74, 6) is -0.898. The van der Waals surface area contributed by atoms with Crippen molar-refractivity contribution < 1.29 is 9.18 Å². The number of nitrogens with zero attached hydrogens (tertiary/aromatic N) is 1. The Morgan fingerprint density at radius 3 is 2.56 bits per heavy atom. The standard InChI is InChI=1S/C13H16ClFN2O/c1-8-6-16-7-9(2)17(8)13(18)12-10(14)4-3-5-11(12)15/h3-5,8-9,16H,6-7H2,1-2H3. The van der Waals surface area contributed by atoms with E-state index in [1.807, 2.05) is 13.8 Å². The summed E-state index contributed by atoms with van der Waals surface area (Å²) < 4.78 is 13.8. The van der Waals surface area contributed by atoms with Gasteiger partial charge in [-0.2, -0.15) is 0 Å². The van der Waals surface area contributed by atoms with Crippen LogP contribution in [0.25, 0.3) is 0 Å². The van der Waals surface area contributed by atoms with Gasteiger partial charge in [-0.15, -0.1) is 0 Å². The van der Waals surface area contributed by atoms with Crippen LogP contribution in [0.3, 0.4) is 0 Å². The van der Waals surface area contributed by atoms with E-state index >= 15 is 0 Å². The van der Waals surface area contributed by atoms with Gasteiger partial charge in [0, 0.05) is 25.2 Å². The molecule has 1 heterocycles. The third kappa shape index (κ3) is 2.35. The van der Waals surface area contributed by atoms with Gasteiger partial charge in [-0.05, 0) is 26.0 Å². The van der Waals surface area contributed by atoms with Gasteiger partial charge in [-0.1, -0.05) is 17.7 Å². The fraction of sp³-hybridized carbons (Fsp3) is 0.462. The summed E-state index contributed by atoms with van der Waals surface area (Å²) >= 11 is 5.94. The summed E-state index contributed by atoms with van der Waals surface area (Å²) in [6, 6.07) is 4.35. The van der Waals surface area contributed by atoms with Crippen molar-refractivity contribution in [3.63, 3.8) is 0 Å². The Morgan fingerprint density at radius 2 is 2.00 bits per heavy atom. The first-order valence-corrected chi connectivity index (χ1v) is 6.37. The van der Waals surface area contributed by atoms with Crippen LogP contribution in [0.5, 0.6) is 0 Å². The van der Waals surface area contributed by atoms with Crippen molar-refractivity contribution in [3.8, 4) is 0 Å². The molecule has 0 aromatic heterocycles. The normalized spacial score (nSPS) is 24.1. The van der Waals surface area contributed by atoms with E-state index in [9.17, 15) is 9.18 Å². The summed E-state index contributed by atoms with van der Waals surface area (Å²) in [7, 11) is 0. The first kappa shape index (κ1) is 13.3. The van der Waals surface area contributed by atoms with Gasteiger partial charge in [-0.25, -0.2) is 4.39 Å². The zero-order chi connectivity index (χ0) is 13.3. The highest BCUT2D eigenvalue weighted by molar-refractivity contribution is 6.33. The minimum absolute atomic E-state index is 0.0249. The number of carbonyl (C=O) groups excluding carboxylic acids is 1. The van der Waals surface area contributed by atoms with Crippen LogP contribution in [0.15, 0.2) is 18.2 Å². The Hall–Kier alpha value is -1.13. The van der Waals surface area contributed by atoms with E-state index < -0.39 is 5.82 Å². The molecule has 18 heavy (non-hydrogen) atoms. The number of piperazine rings is 1. The maximum absolute atomic E-state index is 13.8. The van der Waals surface area contributed by atoms with Crippen LogP contribution < -0.4 is 5.32 Å². The monoisotopic (exact) mass is 270 g/mol. The molecule has 0 bridgehead atoms. The number of rotatable bonds is 1. The molecule has 1 fully saturated rings. The second-order valence-corrected chi connectivity index (χ2v) is 5.07. The summed E-state index contributed by atoms with van der Waals surface area (Å²) in [5, 5.41) is 3.39. The highest BCUT2D eigenvalue weighted by Crippen LogP contribution is 2.23. The predicted octanol–water partition coefficient (Wildman–Crippen LogP) is 2.30. The zero-order valence-corrected chi connectivity index (χ0v) is 11.2. The van der Waals surface area contributed by atoms with Crippen LogP contribution >= 0.6 is 11.6 Å². The minimum atomic E-state index is -0.564. The molecule has 1 saturated heterocycles. The van der Waals surface area contributed by atoms with E-state index in [2.05, 4.69) is 5.32 Å².